The molecule has 0 aromatic heterocycles. The minimum atomic E-state index is -1.06. The Morgan fingerprint density at radius 2 is 2.16 bits per heavy atom. The van der Waals surface area contributed by atoms with Crippen LogP contribution in [0.5, 0.6) is 0 Å². The number of ether oxygens (including phenoxy) is 1. The van der Waals surface area contributed by atoms with E-state index >= 15 is 0 Å². The van der Waals surface area contributed by atoms with E-state index < -0.39 is 12.0 Å². The molecule has 1 aromatic rings. The van der Waals surface area contributed by atoms with Gasteiger partial charge >= 0.3 is 5.97 Å². The standard InChI is InChI=1S/C13H17ClN2O3/c14-11-7-9(12(15)13(17)18)1-2-10(11)8-16-3-5-19-6-4-16/h1-2,7,12H,3-6,8,15H2,(H,17,18). The Hall–Kier alpha value is -1.14. The predicted octanol–water partition coefficient (Wildman–Crippen LogP) is 1.26. The average Bonchev–Trinajstić information content (AvgIpc) is 2.41. The first-order valence-corrected chi connectivity index (χ1v) is 6.52. The Labute approximate surface area is 116 Å². The number of nitrogens with two attached hydrogens (primary N) is 1. The molecule has 3 N–H and O–H groups in total. The maximum atomic E-state index is 10.8. The van der Waals surface area contributed by atoms with Gasteiger partial charge in [0, 0.05) is 24.7 Å². The van der Waals surface area contributed by atoms with E-state index in [0.717, 1.165) is 38.4 Å². The van der Waals surface area contributed by atoms with Crippen molar-refractivity contribution in [3.8, 4) is 0 Å². The molecule has 1 unspecified atom stereocenters. The van der Waals surface area contributed by atoms with E-state index in [2.05, 4.69) is 4.90 Å². The summed E-state index contributed by atoms with van der Waals surface area (Å²) in [7, 11) is 0. The zero-order chi connectivity index (χ0) is 13.8. The average molecular weight is 285 g/mol. The number of hydrogen-bond acceptors (Lipinski definition) is 4. The fraction of sp³-hybridized carbons (Fsp3) is 0.462. The van der Waals surface area contributed by atoms with Crippen LogP contribution in [0.25, 0.3) is 0 Å². The molecule has 1 fully saturated rings. The van der Waals surface area contributed by atoms with E-state index in [9.17, 15) is 4.79 Å². The predicted molar refractivity (Wildman–Crippen MR) is 72.1 cm³/mol. The highest BCUT2D eigenvalue weighted by atomic mass is 35.5. The lowest BCUT2D eigenvalue weighted by Gasteiger charge is -2.27. The molecule has 1 heterocycles. The molecule has 1 aromatic carbocycles. The number of carbonyl (C=O) groups is 1. The van der Waals surface area contributed by atoms with Crippen molar-refractivity contribution in [2.45, 2.75) is 12.6 Å². The Bertz CT molecular complexity index is 461. The largest absolute Gasteiger partial charge is 0.480 e. The third-order valence-electron chi connectivity index (χ3n) is 3.20. The Morgan fingerprint density at radius 1 is 1.47 bits per heavy atom. The molecule has 104 valence electrons. The molecule has 0 amide bonds. The van der Waals surface area contributed by atoms with E-state index in [4.69, 9.17) is 27.2 Å². The molecular weight excluding hydrogens is 268 g/mol. The number of aliphatic carboxylic acids is 1. The summed E-state index contributed by atoms with van der Waals surface area (Å²) in [5.74, 6) is -1.06. The van der Waals surface area contributed by atoms with Crippen LogP contribution < -0.4 is 5.73 Å². The molecule has 0 bridgehead atoms. The first kappa shape index (κ1) is 14.3. The van der Waals surface area contributed by atoms with Crippen molar-refractivity contribution in [2.24, 2.45) is 5.73 Å². The molecule has 0 spiro atoms. The van der Waals surface area contributed by atoms with Crippen molar-refractivity contribution in [3.63, 3.8) is 0 Å². The molecule has 19 heavy (non-hydrogen) atoms. The van der Waals surface area contributed by atoms with Crippen molar-refractivity contribution < 1.29 is 14.6 Å². The van der Waals surface area contributed by atoms with Gasteiger partial charge in [-0.25, -0.2) is 0 Å². The molecule has 6 heteroatoms. The monoisotopic (exact) mass is 284 g/mol. The molecule has 1 aliphatic heterocycles. The fourth-order valence-electron chi connectivity index (χ4n) is 2.03. The van der Waals surface area contributed by atoms with Gasteiger partial charge in [0.15, 0.2) is 0 Å². The molecule has 1 aliphatic rings. The Balaban J connectivity index is 2.08. The first-order chi connectivity index (χ1) is 9.08. The third-order valence-corrected chi connectivity index (χ3v) is 3.55. The second kappa shape index (κ2) is 6.34. The number of nitrogens with zero attached hydrogens (tertiary/aromatic N) is 1. The van der Waals surface area contributed by atoms with Crippen LogP contribution in [0.15, 0.2) is 18.2 Å². The van der Waals surface area contributed by atoms with Gasteiger partial charge in [-0.2, -0.15) is 0 Å². The lowest BCUT2D eigenvalue weighted by molar-refractivity contribution is -0.138. The summed E-state index contributed by atoms with van der Waals surface area (Å²) in [6.07, 6.45) is 0. The van der Waals surface area contributed by atoms with Crippen molar-refractivity contribution >= 4 is 17.6 Å². The second-order valence-electron chi connectivity index (χ2n) is 4.56. The summed E-state index contributed by atoms with van der Waals surface area (Å²) in [5, 5.41) is 9.42. The molecule has 2 rings (SSSR count). The number of rotatable bonds is 4. The molecule has 0 aliphatic carbocycles. The van der Waals surface area contributed by atoms with Gasteiger partial charge in [-0.3, -0.25) is 9.69 Å². The molecule has 0 radical (unpaired) electrons. The molecular formula is C13H17ClN2O3. The van der Waals surface area contributed by atoms with Gasteiger partial charge in [0.2, 0.25) is 0 Å². The molecule has 1 saturated heterocycles. The zero-order valence-electron chi connectivity index (χ0n) is 10.5. The lowest BCUT2D eigenvalue weighted by Crippen LogP contribution is -2.35. The van der Waals surface area contributed by atoms with E-state index in [1.54, 1.807) is 12.1 Å². The van der Waals surface area contributed by atoms with Crippen molar-refractivity contribution in [1.29, 1.82) is 0 Å². The van der Waals surface area contributed by atoms with E-state index in [1.165, 1.54) is 0 Å². The van der Waals surface area contributed by atoms with Gasteiger partial charge in [0.25, 0.3) is 0 Å². The van der Waals surface area contributed by atoms with Crippen LogP contribution in [0.2, 0.25) is 5.02 Å². The number of morpholine rings is 1. The van der Waals surface area contributed by atoms with Crippen LogP contribution in [-0.4, -0.2) is 42.3 Å². The van der Waals surface area contributed by atoms with E-state index in [1.807, 2.05) is 6.07 Å². The summed E-state index contributed by atoms with van der Waals surface area (Å²) >= 11 is 6.19. The van der Waals surface area contributed by atoms with Crippen LogP contribution in [0.1, 0.15) is 17.2 Å². The summed E-state index contributed by atoms with van der Waals surface area (Å²) in [6, 6.07) is 4.17. The highest BCUT2D eigenvalue weighted by Gasteiger charge is 2.17. The topological polar surface area (TPSA) is 75.8 Å². The van der Waals surface area contributed by atoms with E-state index in [-0.39, 0.29) is 0 Å². The van der Waals surface area contributed by atoms with Crippen molar-refractivity contribution in [2.75, 3.05) is 26.3 Å². The summed E-state index contributed by atoms with van der Waals surface area (Å²) in [6.45, 7) is 3.98. The first-order valence-electron chi connectivity index (χ1n) is 6.15. The van der Waals surface area contributed by atoms with Crippen LogP contribution in [0, 0.1) is 0 Å². The van der Waals surface area contributed by atoms with Gasteiger partial charge in [0.05, 0.1) is 13.2 Å². The quantitative estimate of drug-likeness (QED) is 0.870. The number of halogens is 1. The molecule has 5 nitrogen and oxygen atoms in total. The minimum Gasteiger partial charge on any atom is -0.480 e. The van der Waals surface area contributed by atoms with E-state index in [0.29, 0.717) is 10.6 Å². The second-order valence-corrected chi connectivity index (χ2v) is 4.96. The summed E-state index contributed by atoms with van der Waals surface area (Å²) in [5.41, 5.74) is 7.05. The van der Waals surface area contributed by atoms with Crippen LogP contribution >= 0.6 is 11.6 Å². The highest BCUT2D eigenvalue weighted by molar-refractivity contribution is 6.31. The van der Waals surface area contributed by atoms with Gasteiger partial charge in [-0.15, -0.1) is 0 Å². The smallest absolute Gasteiger partial charge is 0.325 e. The number of carboxylic acids is 1. The lowest BCUT2D eigenvalue weighted by atomic mass is 10.1. The maximum absolute atomic E-state index is 10.8. The number of hydrogen-bond donors (Lipinski definition) is 2. The van der Waals surface area contributed by atoms with Gasteiger partial charge < -0.3 is 15.6 Å². The normalized spacial score (nSPS) is 18.2. The van der Waals surface area contributed by atoms with Crippen LogP contribution in [0.3, 0.4) is 0 Å². The third kappa shape index (κ3) is 3.67. The fourth-order valence-corrected chi connectivity index (χ4v) is 2.28. The summed E-state index contributed by atoms with van der Waals surface area (Å²) < 4.78 is 5.29. The van der Waals surface area contributed by atoms with Crippen molar-refractivity contribution in [3.05, 3.63) is 34.3 Å². The Kier molecular flexibility index (Phi) is 4.76. The summed E-state index contributed by atoms with van der Waals surface area (Å²) in [4.78, 5) is 13.1. The molecule has 1 atom stereocenters. The van der Waals surface area contributed by atoms with Crippen molar-refractivity contribution in [1.82, 2.24) is 4.90 Å². The number of benzene rings is 1. The maximum Gasteiger partial charge on any atom is 0.325 e. The van der Waals surface area contributed by atoms with Gasteiger partial charge in [-0.05, 0) is 17.2 Å². The zero-order valence-corrected chi connectivity index (χ0v) is 11.3. The van der Waals surface area contributed by atoms with Gasteiger partial charge in [-0.1, -0.05) is 23.7 Å². The SMILES string of the molecule is NC(C(=O)O)c1ccc(CN2CCOCC2)c(Cl)c1. The van der Waals surface area contributed by atoms with Gasteiger partial charge in [0.1, 0.15) is 6.04 Å². The minimum absolute atomic E-state index is 0.517. The van der Waals surface area contributed by atoms with Crippen LogP contribution in [0.4, 0.5) is 0 Å². The highest BCUT2D eigenvalue weighted by Crippen LogP contribution is 2.23. The number of carboxylic acid groups (broad SMARTS) is 1. The van der Waals surface area contributed by atoms with Crippen LogP contribution in [-0.2, 0) is 16.1 Å². The Morgan fingerprint density at radius 3 is 2.74 bits per heavy atom. The molecule has 0 saturated carbocycles.